The summed E-state index contributed by atoms with van der Waals surface area (Å²) in [5, 5.41) is 7.48. The van der Waals surface area contributed by atoms with Crippen molar-refractivity contribution < 1.29 is 12.9 Å². The topological polar surface area (TPSA) is 27.3 Å². The molecule has 0 saturated heterocycles. The summed E-state index contributed by atoms with van der Waals surface area (Å²) in [6.07, 6.45) is 0. The van der Waals surface area contributed by atoms with Crippen LogP contribution in [0.3, 0.4) is 0 Å². The molecule has 0 unspecified atom stereocenters. The molecule has 0 aliphatic rings. The zero-order valence-corrected chi connectivity index (χ0v) is 24.9. The predicted molar refractivity (Wildman–Crippen MR) is 149 cm³/mol. The number of nitrogens with one attached hydrogen (secondary N) is 2. The van der Waals surface area contributed by atoms with Crippen LogP contribution in [0, 0.1) is 6.07 Å². The number of benzene rings is 2. The Balaban J connectivity index is 0.00000182. The predicted octanol–water partition coefficient (Wildman–Crippen LogP) is 8.77. The third kappa shape index (κ3) is 9.62. The molecule has 194 valence electrons. The van der Waals surface area contributed by atoms with Crippen molar-refractivity contribution in [3.8, 4) is 0 Å². The second kappa shape index (κ2) is 16.0. The molecule has 0 aliphatic carbocycles. The summed E-state index contributed by atoms with van der Waals surface area (Å²) in [6.45, 7) is 20.8. The SMILES string of the molecule is CC(C)c1[c-]ccc(C(C)C)c1NCN(C)CCNc1c(C(C)C)cccc1C(C)C.[Cl][Co+][Cl]. The number of rotatable bonds is 11. The van der Waals surface area contributed by atoms with E-state index in [0.29, 0.717) is 36.6 Å². The van der Waals surface area contributed by atoms with Crippen LogP contribution < -0.4 is 10.6 Å². The quantitative estimate of drug-likeness (QED) is 0.216. The van der Waals surface area contributed by atoms with Gasteiger partial charge in [0.15, 0.2) is 0 Å². The van der Waals surface area contributed by atoms with Crippen LogP contribution in [0.5, 0.6) is 0 Å². The van der Waals surface area contributed by atoms with E-state index in [4.69, 9.17) is 20.3 Å². The van der Waals surface area contributed by atoms with Gasteiger partial charge in [-0.2, -0.15) is 18.2 Å². The fraction of sp³-hybridized carbons (Fsp3) is 0.571. The Kier molecular flexibility index (Phi) is 14.6. The second-order valence-corrected chi connectivity index (χ2v) is 11.8. The summed E-state index contributed by atoms with van der Waals surface area (Å²) in [5.41, 5.74) is 8.08. The number of nitrogens with zero attached hydrogens (tertiary/aromatic N) is 1. The molecule has 0 aliphatic heterocycles. The number of hydrogen-bond donors (Lipinski definition) is 2. The average molecular weight is 553 g/mol. The molecule has 0 bridgehead atoms. The number of likely N-dealkylation sites (N-methyl/N-ethyl adjacent to an activating group) is 1. The van der Waals surface area contributed by atoms with Crippen molar-refractivity contribution in [2.24, 2.45) is 0 Å². The standard InChI is InChI=1S/C28H44N3.2ClH.Co/c1-19(2)23-12-10-13-24(20(3)4)27(23)29-16-17-31(9)18-30-28-25(21(5)6)14-11-15-26(28)22(7)8;;;/h10-14,19-22,29-30H,16-18H2,1-9H3;2*1H;/q-1;;;+3/p-2. The molecule has 34 heavy (non-hydrogen) atoms. The van der Waals surface area contributed by atoms with Gasteiger partial charge in [0.1, 0.15) is 0 Å². The zero-order valence-electron chi connectivity index (χ0n) is 22.4. The van der Waals surface area contributed by atoms with Crippen LogP contribution >= 0.6 is 20.3 Å². The first-order valence-electron chi connectivity index (χ1n) is 12.2. The van der Waals surface area contributed by atoms with Gasteiger partial charge in [0.05, 0.1) is 6.67 Å². The Bertz CT molecular complexity index is 801. The van der Waals surface area contributed by atoms with E-state index in [1.807, 2.05) is 0 Å². The molecule has 0 radical (unpaired) electrons. The van der Waals surface area contributed by atoms with E-state index in [9.17, 15) is 0 Å². The first kappa shape index (κ1) is 31.1. The fourth-order valence-corrected chi connectivity index (χ4v) is 4.09. The Hall–Kier alpha value is -0.914. The molecule has 2 aromatic carbocycles. The Morgan fingerprint density at radius 3 is 1.76 bits per heavy atom. The van der Waals surface area contributed by atoms with Crippen LogP contribution in [-0.4, -0.2) is 31.7 Å². The third-order valence-electron chi connectivity index (χ3n) is 5.95. The molecule has 6 heteroatoms. The number of hydrogen-bond acceptors (Lipinski definition) is 3. The molecule has 3 nitrogen and oxygen atoms in total. The normalized spacial score (nSPS) is 11.5. The van der Waals surface area contributed by atoms with Gasteiger partial charge in [-0.05, 0) is 41.8 Å². The molecular formula is C28H44Cl2CoN3. The monoisotopic (exact) mass is 551 g/mol. The van der Waals surface area contributed by atoms with Gasteiger partial charge in [0.25, 0.3) is 0 Å². The van der Waals surface area contributed by atoms with E-state index in [2.05, 4.69) is 114 Å². The van der Waals surface area contributed by atoms with Crippen LogP contribution in [0.1, 0.15) is 101 Å². The van der Waals surface area contributed by atoms with Crippen LogP contribution in [0.4, 0.5) is 11.4 Å². The van der Waals surface area contributed by atoms with Gasteiger partial charge in [-0.25, -0.2) is 0 Å². The van der Waals surface area contributed by atoms with E-state index >= 15 is 0 Å². The average Bonchev–Trinajstić information content (AvgIpc) is 2.77. The first-order chi connectivity index (χ1) is 16.0. The number of anilines is 2. The van der Waals surface area contributed by atoms with Crippen molar-refractivity contribution in [2.45, 2.75) is 79.1 Å². The van der Waals surface area contributed by atoms with E-state index in [0.717, 1.165) is 19.8 Å². The van der Waals surface area contributed by atoms with Crippen molar-refractivity contribution in [2.75, 3.05) is 37.4 Å². The summed E-state index contributed by atoms with van der Waals surface area (Å²) in [4.78, 5) is 2.35. The molecule has 0 amide bonds. The van der Waals surface area contributed by atoms with Gasteiger partial charge in [0.2, 0.25) is 0 Å². The van der Waals surface area contributed by atoms with E-state index in [1.54, 1.807) is 0 Å². The van der Waals surface area contributed by atoms with Crippen molar-refractivity contribution in [3.05, 3.63) is 58.7 Å². The van der Waals surface area contributed by atoms with Crippen LogP contribution in [0.15, 0.2) is 30.3 Å². The zero-order chi connectivity index (χ0) is 25.8. The third-order valence-corrected chi connectivity index (χ3v) is 5.95. The van der Waals surface area contributed by atoms with Crippen molar-refractivity contribution in [1.29, 1.82) is 0 Å². The molecule has 0 spiro atoms. The minimum absolute atomic E-state index is 0.382. The van der Waals surface area contributed by atoms with Crippen molar-refractivity contribution in [3.63, 3.8) is 0 Å². The number of para-hydroxylation sites is 1. The molecular weight excluding hydrogens is 508 g/mol. The molecule has 0 heterocycles. The summed E-state index contributed by atoms with van der Waals surface area (Å²) in [5.74, 6) is 1.97. The van der Waals surface area contributed by atoms with E-state index < -0.39 is 0 Å². The van der Waals surface area contributed by atoms with E-state index in [1.165, 1.54) is 33.6 Å². The maximum absolute atomic E-state index is 4.73. The summed E-state index contributed by atoms with van der Waals surface area (Å²) in [7, 11) is 11.6. The Morgan fingerprint density at radius 2 is 1.29 bits per heavy atom. The van der Waals surface area contributed by atoms with Crippen molar-refractivity contribution >= 4 is 31.7 Å². The van der Waals surface area contributed by atoms with Crippen LogP contribution in [0.2, 0.25) is 0 Å². The molecule has 0 fully saturated rings. The van der Waals surface area contributed by atoms with Gasteiger partial charge in [-0.3, -0.25) is 4.90 Å². The summed E-state index contributed by atoms with van der Waals surface area (Å²) >= 11 is 0.382. The minimum atomic E-state index is 0.382. The van der Waals surface area contributed by atoms with Gasteiger partial charge >= 0.3 is 33.2 Å². The first-order valence-corrected chi connectivity index (χ1v) is 15.1. The Morgan fingerprint density at radius 1 is 0.794 bits per heavy atom. The molecule has 0 atom stereocenters. The van der Waals surface area contributed by atoms with Crippen LogP contribution in [0.25, 0.3) is 0 Å². The molecule has 2 N–H and O–H groups in total. The maximum atomic E-state index is 4.73. The van der Waals surface area contributed by atoms with Gasteiger partial charge in [0, 0.05) is 18.8 Å². The van der Waals surface area contributed by atoms with Crippen molar-refractivity contribution in [1.82, 2.24) is 4.90 Å². The summed E-state index contributed by atoms with van der Waals surface area (Å²) in [6, 6.07) is 14.5. The van der Waals surface area contributed by atoms with Gasteiger partial charge in [-0.1, -0.05) is 79.3 Å². The molecule has 2 rings (SSSR count). The van der Waals surface area contributed by atoms with Gasteiger partial charge < -0.3 is 10.6 Å². The molecule has 2 aromatic rings. The Labute approximate surface area is 223 Å². The summed E-state index contributed by atoms with van der Waals surface area (Å²) < 4.78 is 0. The fourth-order valence-electron chi connectivity index (χ4n) is 4.09. The van der Waals surface area contributed by atoms with Crippen LogP contribution in [-0.2, 0) is 12.9 Å². The molecule has 0 saturated carbocycles. The second-order valence-electron chi connectivity index (χ2n) is 10.0. The van der Waals surface area contributed by atoms with E-state index in [-0.39, 0.29) is 0 Å². The van der Waals surface area contributed by atoms with Gasteiger partial charge in [-0.15, -0.1) is 11.1 Å². The molecule has 0 aromatic heterocycles. The number of halogens is 2.